The summed E-state index contributed by atoms with van der Waals surface area (Å²) in [5, 5.41) is 10.1. The first kappa shape index (κ1) is 53.2. The number of nitrogens with zero attached hydrogens (tertiary/aromatic N) is 2. The van der Waals surface area contributed by atoms with Gasteiger partial charge in [0, 0.05) is 80.9 Å². The summed E-state index contributed by atoms with van der Waals surface area (Å²) in [6.45, 7) is 0. The Morgan fingerprint density at radius 1 is 0.375 bits per heavy atom. The van der Waals surface area contributed by atoms with Gasteiger partial charge in [0.1, 0.15) is 5.52 Å². The smallest absolute Gasteiger partial charge is 0.716 e. The Hall–Kier alpha value is -3.61. The van der Waals surface area contributed by atoms with Crippen LogP contribution in [-0.2, 0) is 41.6 Å². The maximum absolute atomic E-state index is 12.8. The Balaban J connectivity index is 0.00000160. The van der Waals surface area contributed by atoms with Crippen molar-refractivity contribution in [2.24, 2.45) is 0 Å². The van der Waals surface area contributed by atoms with Gasteiger partial charge in [-0.25, -0.2) is 38.2 Å². The number of aromatic nitrogens is 3. The van der Waals surface area contributed by atoms with Gasteiger partial charge in [0.15, 0.2) is 23.0 Å². The summed E-state index contributed by atoms with van der Waals surface area (Å²) in [5.41, 5.74) is 1.82. The second-order valence-corrected chi connectivity index (χ2v) is 19.9. The number of hydrogen-bond donors (Lipinski definition) is 1. The van der Waals surface area contributed by atoms with Crippen molar-refractivity contribution >= 4 is 166 Å². The SMILES string of the molecule is O=S(=O)([O-])Oc1c2ccccc2c(OS(=O)(=O)[O-])c2c1ccc1c2[nH]c2ccc3c4ccc5c6c(ccc(c(OS(=O)(=O)[O-])c3c21)c46)c1ccc2c(OS(=O)(=O)[O-])c3ccccc3c3nn5c1c23.[Na+].[Na+].[Na+].[Na+]. The summed E-state index contributed by atoms with van der Waals surface area (Å²) in [7, 11) is -21.7. The zero-order valence-electron chi connectivity index (χ0n) is 37.5. The molecule has 1 N–H and O–H groups in total. The summed E-state index contributed by atoms with van der Waals surface area (Å²) in [6, 6.07) is 28.5. The van der Waals surface area contributed by atoms with Crippen LogP contribution in [0.2, 0.25) is 0 Å². The van der Waals surface area contributed by atoms with Crippen molar-refractivity contribution in [1.29, 1.82) is 0 Å². The number of nitrogens with one attached hydrogen (secondary N) is 1. The van der Waals surface area contributed by atoms with E-state index in [4.69, 9.17) is 21.8 Å². The van der Waals surface area contributed by atoms with Gasteiger partial charge in [-0.05, 0) is 46.5 Å². The Morgan fingerprint density at radius 3 is 1.36 bits per heavy atom. The normalized spacial score (nSPS) is 12.7. The van der Waals surface area contributed by atoms with Gasteiger partial charge in [0.2, 0.25) is 0 Å². The molecule has 3 heterocycles. The Bertz CT molecular complexity index is 5000. The summed E-state index contributed by atoms with van der Waals surface area (Å²) in [5.74, 6) is -1.59. The van der Waals surface area contributed by atoms with Gasteiger partial charge >= 0.3 is 118 Å². The maximum atomic E-state index is 12.8. The van der Waals surface area contributed by atoms with Crippen molar-refractivity contribution in [1.82, 2.24) is 14.6 Å². The monoisotopic (exact) mass is 1080 g/mol. The molecule has 0 aliphatic carbocycles. The summed E-state index contributed by atoms with van der Waals surface area (Å²) >= 11 is 0. The number of benzene rings is 10. The van der Waals surface area contributed by atoms with E-state index in [9.17, 15) is 51.9 Å². The molecule has 0 aliphatic heterocycles. The molecule has 0 fully saturated rings. The molecule has 0 saturated carbocycles. The van der Waals surface area contributed by atoms with Gasteiger partial charge in [-0.3, -0.25) is 0 Å². The van der Waals surface area contributed by atoms with Crippen molar-refractivity contribution in [3.63, 3.8) is 0 Å². The quantitative estimate of drug-likeness (QED) is 0.0494. The van der Waals surface area contributed by atoms with E-state index in [0.717, 1.165) is 0 Å². The van der Waals surface area contributed by atoms with Crippen LogP contribution >= 0.6 is 0 Å². The minimum atomic E-state index is -5.54. The van der Waals surface area contributed by atoms with E-state index < -0.39 is 53.1 Å². The Kier molecular flexibility index (Phi) is 13.3. The van der Waals surface area contributed by atoms with Gasteiger partial charge in [-0.1, -0.05) is 78.9 Å². The van der Waals surface area contributed by atoms with Crippen molar-refractivity contribution in [3.05, 3.63) is 109 Å². The molecule has 10 aromatic carbocycles. The molecule has 0 unspecified atom stereocenters. The minimum Gasteiger partial charge on any atom is -0.716 e. The fourth-order valence-electron chi connectivity index (χ4n) is 10.3. The molecule has 0 spiro atoms. The topological polar surface area (TPSA) is 299 Å². The zero-order chi connectivity index (χ0) is 47.1. The largest absolute Gasteiger partial charge is 1.00 e. The first-order valence-electron chi connectivity index (χ1n) is 19.8. The van der Waals surface area contributed by atoms with Crippen LogP contribution in [0.4, 0.5) is 0 Å². The zero-order valence-corrected chi connectivity index (χ0v) is 48.7. The van der Waals surface area contributed by atoms with Gasteiger partial charge in [-0.2, -0.15) is 5.10 Å². The molecule has 0 amide bonds. The maximum Gasteiger partial charge on any atom is 1.00 e. The van der Waals surface area contributed by atoms with E-state index in [0.29, 0.717) is 70.4 Å². The molecule has 0 atom stereocenters. The van der Waals surface area contributed by atoms with Crippen LogP contribution in [0.5, 0.6) is 23.0 Å². The van der Waals surface area contributed by atoms with Gasteiger partial charge in [0.25, 0.3) is 41.6 Å². The van der Waals surface area contributed by atoms with Crippen LogP contribution in [-0.4, -0.2) is 66.5 Å². The molecule has 0 bridgehead atoms. The van der Waals surface area contributed by atoms with Gasteiger partial charge in [-0.15, -0.1) is 0 Å². The second-order valence-electron chi connectivity index (χ2n) is 16.0. The number of fused-ring (bicyclic) bond motifs is 13. The van der Waals surface area contributed by atoms with E-state index in [1.165, 1.54) is 36.4 Å². The van der Waals surface area contributed by atoms with Gasteiger partial charge in [0.05, 0.1) is 21.9 Å². The van der Waals surface area contributed by atoms with E-state index in [2.05, 4.69) is 4.98 Å². The van der Waals surface area contributed by atoms with E-state index in [1.807, 2.05) is 0 Å². The molecule has 0 saturated heterocycles. The van der Waals surface area contributed by atoms with E-state index in [1.54, 1.807) is 77.3 Å². The standard InChI is InChI=1S/C45H23N3O16S4.4Na/c49-65(50,51)61-42-24-6-2-1-5-22(24)40-37-29(42)13-10-23-21-9-12-28-33-19(16-18-32(35(21)33)48(47-40)41(23)37)20-15-17-31-34(36(20)45(28)64-68(58,59)60)27-11-14-30-38(39(27)46-31)44(63-67(55,56)57)26-8-4-3-7-25(26)43(30)62-66(52,53)54;;;;/h1-18,46H,(H,49,50,51)(H,52,53,54)(H,55,56,57)(H,58,59,60);;;;/q;4*+1/p-4. The Morgan fingerprint density at radius 2 is 0.778 bits per heavy atom. The fraction of sp³-hybridized carbons (Fsp3) is 0. The third kappa shape index (κ3) is 8.08. The molecule has 19 nitrogen and oxygen atoms in total. The molecule has 13 aromatic rings. The number of aromatic amines is 1. The van der Waals surface area contributed by atoms with Crippen LogP contribution in [0.1, 0.15) is 0 Å². The predicted molar refractivity (Wildman–Crippen MR) is 246 cm³/mol. The molecular weight excluding hydrogens is 1060 g/mol. The summed E-state index contributed by atoms with van der Waals surface area (Å²) < 4.78 is 170. The minimum absolute atomic E-state index is 0. The van der Waals surface area contributed by atoms with Crippen LogP contribution in [0.25, 0.3) is 125 Å². The molecule has 0 radical (unpaired) electrons. The fourth-order valence-corrected chi connectivity index (χ4v) is 11.9. The summed E-state index contributed by atoms with van der Waals surface area (Å²) in [6.07, 6.45) is 0. The van der Waals surface area contributed by atoms with E-state index >= 15 is 0 Å². The van der Waals surface area contributed by atoms with Crippen molar-refractivity contribution in [2.45, 2.75) is 0 Å². The average Bonchev–Trinajstić information content (AvgIpc) is 3.86. The number of hydrogen-bond acceptors (Lipinski definition) is 17. The van der Waals surface area contributed by atoms with Crippen molar-refractivity contribution in [2.75, 3.05) is 0 Å². The van der Waals surface area contributed by atoms with Crippen LogP contribution in [0.15, 0.2) is 109 Å². The number of rotatable bonds is 8. The van der Waals surface area contributed by atoms with Gasteiger partial charge < -0.3 is 39.9 Å². The van der Waals surface area contributed by atoms with Crippen molar-refractivity contribution in [3.8, 4) is 23.0 Å². The molecule has 0 aliphatic rings. The van der Waals surface area contributed by atoms with E-state index in [-0.39, 0.29) is 184 Å². The first-order chi connectivity index (χ1) is 32.2. The molecule has 338 valence electrons. The van der Waals surface area contributed by atoms with Crippen LogP contribution < -0.4 is 135 Å². The molecule has 3 aromatic heterocycles. The number of H-pyrrole nitrogens is 1. The second kappa shape index (κ2) is 18.0. The predicted octanol–water partition coefficient (Wildman–Crippen LogP) is -4.40. The first-order valence-corrected chi connectivity index (χ1v) is 25.1. The average molecular weight is 1080 g/mol. The summed E-state index contributed by atoms with van der Waals surface area (Å²) in [4.78, 5) is 3.15. The molecule has 72 heavy (non-hydrogen) atoms. The molecule has 27 heteroatoms. The number of pyridine rings is 1. The van der Waals surface area contributed by atoms with Crippen LogP contribution in [0.3, 0.4) is 0 Å². The molecule has 13 rings (SSSR count). The third-order valence-corrected chi connectivity index (χ3v) is 14.0. The Labute approximate surface area is 493 Å². The third-order valence-electron chi connectivity index (χ3n) is 12.5. The van der Waals surface area contributed by atoms with Crippen LogP contribution in [0, 0.1) is 0 Å². The molecular formula is C45H19N3Na4O16S4. The van der Waals surface area contributed by atoms with Crippen molar-refractivity contribution < 1.29 is 187 Å².